The van der Waals surface area contributed by atoms with Crippen LogP contribution in [-0.2, 0) is 0 Å². The van der Waals surface area contributed by atoms with Crippen LogP contribution >= 0.6 is 0 Å². The molecule has 168 valence electrons. The van der Waals surface area contributed by atoms with Gasteiger partial charge in [0.15, 0.2) is 0 Å². The normalized spacial score (nSPS) is 15.3. The molecule has 0 heterocycles. The molecule has 4 unspecified atom stereocenters. The molecule has 0 aliphatic heterocycles. The summed E-state index contributed by atoms with van der Waals surface area (Å²) in [6, 6.07) is 9.75. The molecule has 0 saturated heterocycles. The minimum atomic E-state index is 0.403. The SMILES string of the molecule is C=CCCC(CC)CC(C)N(C)C(CCC=C)CC(C)N(C)c1ccccc1N=C. The van der Waals surface area contributed by atoms with Crippen molar-refractivity contribution in [2.45, 2.75) is 83.8 Å². The fourth-order valence-corrected chi connectivity index (χ4v) is 4.33. The third kappa shape index (κ3) is 8.10. The molecule has 1 aromatic rings. The largest absolute Gasteiger partial charge is 0.370 e. The highest BCUT2D eigenvalue weighted by Crippen LogP contribution is 2.30. The van der Waals surface area contributed by atoms with Gasteiger partial charge in [-0.05, 0) is 84.2 Å². The molecule has 0 fully saturated rings. The third-order valence-corrected chi connectivity index (χ3v) is 6.71. The van der Waals surface area contributed by atoms with E-state index in [1.807, 2.05) is 12.1 Å². The molecule has 0 amide bonds. The Hall–Kier alpha value is -1.87. The van der Waals surface area contributed by atoms with Gasteiger partial charge in [-0.15, -0.1) is 13.2 Å². The molecule has 0 bridgehead atoms. The van der Waals surface area contributed by atoms with Gasteiger partial charge in [-0.2, -0.15) is 0 Å². The van der Waals surface area contributed by atoms with Crippen LogP contribution in [0.15, 0.2) is 54.6 Å². The standard InChI is InChI=1S/C27H45N3/c1-9-12-16-24(11-3)20-22(4)29(7)25(17-13-10-2)21-23(5)30(8)27-19-15-14-18-26(27)28-6/h9-10,14-15,18-19,22-25H,1-2,6,11-13,16-17,20-21H2,3-5,7-8H3. The first-order chi connectivity index (χ1) is 14.4. The van der Waals surface area contributed by atoms with Crippen molar-refractivity contribution in [3.8, 4) is 0 Å². The monoisotopic (exact) mass is 411 g/mol. The van der Waals surface area contributed by atoms with E-state index in [9.17, 15) is 0 Å². The Labute approximate surface area is 186 Å². The van der Waals surface area contributed by atoms with E-state index in [1.54, 1.807) is 0 Å². The molecule has 0 aliphatic carbocycles. The number of para-hydroxylation sites is 2. The molecule has 0 aliphatic rings. The van der Waals surface area contributed by atoms with E-state index in [4.69, 9.17) is 0 Å². The number of hydrogen-bond donors (Lipinski definition) is 0. The summed E-state index contributed by atoms with van der Waals surface area (Å²) in [7, 11) is 4.48. The van der Waals surface area contributed by atoms with Crippen molar-refractivity contribution in [3.05, 3.63) is 49.6 Å². The zero-order chi connectivity index (χ0) is 22.5. The molecule has 1 aromatic carbocycles. The lowest BCUT2D eigenvalue weighted by Crippen LogP contribution is -2.43. The van der Waals surface area contributed by atoms with Crippen LogP contribution in [0.4, 0.5) is 11.4 Å². The second kappa shape index (κ2) is 14.2. The summed E-state index contributed by atoms with van der Waals surface area (Å²) >= 11 is 0. The zero-order valence-corrected chi connectivity index (χ0v) is 20.2. The van der Waals surface area contributed by atoms with Gasteiger partial charge < -0.3 is 9.80 Å². The number of nitrogens with zero attached hydrogens (tertiary/aromatic N) is 3. The Morgan fingerprint density at radius 2 is 1.60 bits per heavy atom. The fourth-order valence-electron chi connectivity index (χ4n) is 4.33. The Balaban J connectivity index is 2.87. The Bertz CT molecular complexity index is 639. The van der Waals surface area contributed by atoms with Crippen LogP contribution in [0, 0.1) is 5.92 Å². The number of allylic oxidation sites excluding steroid dienone is 2. The second-order valence-electron chi connectivity index (χ2n) is 8.75. The van der Waals surface area contributed by atoms with E-state index < -0.39 is 0 Å². The number of aliphatic imine (C=N–C) groups is 1. The first kappa shape index (κ1) is 26.2. The van der Waals surface area contributed by atoms with E-state index in [0.29, 0.717) is 18.1 Å². The van der Waals surface area contributed by atoms with Gasteiger partial charge in [-0.25, -0.2) is 0 Å². The first-order valence-corrected chi connectivity index (χ1v) is 11.6. The molecule has 1 rings (SSSR count). The second-order valence-corrected chi connectivity index (χ2v) is 8.75. The third-order valence-electron chi connectivity index (χ3n) is 6.71. The van der Waals surface area contributed by atoms with E-state index in [0.717, 1.165) is 43.0 Å². The van der Waals surface area contributed by atoms with E-state index in [2.05, 4.69) is 93.8 Å². The summed E-state index contributed by atoms with van der Waals surface area (Å²) in [6.45, 7) is 18.6. The summed E-state index contributed by atoms with van der Waals surface area (Å²) in [4.78, 5) is 9.17. The molecule has 0 N–H and O–H groups in total. The molecule has 4 atom stereocenters. The van der Waals surface area contributed by atoms with E-state index in [1.165, 1.54) is 19.3 Å². The van der Waals surface area contributed by atoms with Crippen molar-refractivity contribution >= 4 is 18.1 Å². The predicted octanol–water partition coefficient (Wildman–Crippen LogP) is 7.27. The van der Waals surface area contributed by atoms with Crippen LogP contribution in [0.1, 0.15) is 65.7 Å². The lowest BCUT2D eigenvalue weighted by Gasteiger charge is -2.38. The van der Waals surface area contributed by atoms with Gasteiger partial charge in [-0.1, -0.05) is 37.6 Å². The molecule has 0 aromatic heterocycles. The topological polar surface area (TPSA) is 18.8 Å². The lowest BCUT2D eigenvalue weighted by atomic mass is 9.91. The van der Waals surface area contributed by atoms with Crippen molar-refractivity contribution < 1.29 is 0 Å². The molecule has 0 saturated carbocycles. The van der Waals surface area contributed by atoms with Gasteiger partial charge in [0.1, 0.15) is 0 Å². The smallest absolute Gasteiger partial charge is 0.0855 e. The van der Waals surface area contributed by atoms with Gasteiger partial charge in [0, 0.05) is 25.2 Å². The fraction of sp³-hybridized carbons (Fsp3) is 0.593. The van der Waals surface area contributed by atoms with Crippen molar-refractivity contribution in [3.63, 3.8) is 0 Å². The molecular weight excluding hydrogens is 366 g/mol. The molecule has 0 spiro atoms. The summed E-state index contributed by atoms with van der Waals surface area (Å²) < 4.78 is 0. The van der Waals surface area contributed by atoms with Crippen LogP contribution in [-0.4, -0.2) is 43.8 Å². The molecule has 30 heavy (non-hydrogen) atoms. The molecule has 0 radical (unpaired) electrons. The predicted molar refractivity (Wildman–Crippen MR) is 136 cm³/mol. The summed E-state index contributed by atoms with van der Waals surface area (Å²) in [5, 5.41) is 0. The van der Waals surface area contributed by atoms with Crippen molar-refractivity contribution in [2.75, 3.05) is 19.0 Å². The maximum Gasteiger partial charge on any atom is 0.0855 e. The quantitative estimate of drug-likeness (QED) is 0.210. The Morgan fingerprint density at radius 1 is 0.967 bits per heavy atom. The molecule has 3 nitrogen and oxygen atoms in total. The van der Waals surface area contributed by atoms with Gasteiger partial charge in [0.2, 0.25) is 0 Å². The van der Waals surface area contributed by atoms with Crippen LogP contribution < -0.4 is 4.90 Å². The maximum absolute atomic E-state index is 4.21. The minimum absolute atomic E-state index is 0.403. The zero-order valence-electron chi connectivity index (χ0n) is 20.2. The van der Waals surface area contributed by atoms with E-state index >= 15 is 0 Å². The van der Waals surface area contributed by atoms with Crippen LogP contribution in [0.3, 0.4) is 0 Å². The molecule has 3 heteroatoms. The average molecular weight is 412 g/mol. The van der Waals surface area contributed by atoms with Crippen molar-refractivity contribution in [1.82, 2.24) is 4.90 Å². The van der Waals surface area contributed by atoms with Gasteiger partial charge >= 0.3 is 0 Å². The average Bonchev–Trinajstić information content (AvgIpc) is 2.77. The summed E-state index contributed by atoms with van der Waals surface area (Å²) in [5.41, 5.74) is 2.10. The Kier molecular flexibility index (Phi) is 12.4. The van der Waals surface area contributed by atoms with E-state index in [-0.39, 0.29) is 0 Å². The van der Waals surface area contributed by atoms with Crippen LogP contribution in [0.5, 0.6) is 0 Å². The van der Waals surface area contributed by atoms with Crippen LogP contribution in [0.2, 0.25) is 0 Å². The maximum atomic E-state index is 4.21. The minimum Gasteiger partial charge on any atom is -0.370 e. The number of hydrogen-bond acceptors (Lipinski definition) is 3. The van der Waals surface area contributed by atoms with Crippen LogP contribution in [0.25, 0.3) is 0 Å². The van der Waals surface area contributed by atoms with Gasteiger partial charge in [-0.3, -0.25) is 4.99 Å². The number of anilines is 1. The highest BCUT2D eigenvalue weighted by Gasteiger charge is 2.25. The first-order valence-electron chi connectivity index (χ1n) is 11.6. The van der Waals surface area contributed by atoms with Crippen molar-refractivity contribution in [2.24, 2.45) is 10.9 Å². The van der Waals surface area contributed by atoms with Crippen molar-refractivity contribution in [1.29, 1.82) is 0 Å². The molecular formula is C27H45N3. The highest BCUT2D eigenvalue weighted by molar-refractivity contribution is 5.68. The summed E-state index contributed by atoms with van der Waals surface area (Å²) in [6.07, 6.45) is 12.3. The number of benzene rings is 1. The van der Waals surface area contributed by atoms with Gasteiger partial charge in [0.05, 0.1) is 11.4 Å². The highest BCUT2D eigenvalue weighted by atomic mass is 15.2. The summed E-state index contributed by atoms with van der Waals surface area (Å²) in [5.74, 6) is 0.770. The lowest BCUT2D eigenvalue weighted by molar-refractivity contribution is 0.138. The van der Waals surface area contributed by atoms with Gasteiger partial charge in [0.25, 0.3) is 0 Å². The Morgan fingerprint density at radius 3 is 2.20 bits per heavy atom. The number of rotatable bonds is 16.